The maximum atomic E-state index is 10.4. The van der Waals surface area contributed by atoms with E-state index in [1.54, 1.807) is 0 Å². The van der Waals surface area contributed by atoms with Crippen LogP contribution < -0.4 is 17.2 Å². The highest BCUT2D eigenvalue weighted by atomic mass is 16.4. The van der Waals surface area contributed by atoms with Crippen molar-refractivity contribution < 1.29 is 9.90 Å². The number of nitrogens with one attached hydrogen (secondary N) is 2. The first-order chi connectivity index (χ1) is 6.29. The van der Waals surface area contributed by atoms with Gasteiger partial charge in [0.05, 0.1) is 11.8 Å². The van der Waals surface area contributed by atoms with Crippen LogP contribution in [0.4, 0.5) is 0 Å². The second-order valence-corrected chi connectivity index (χ2v) is 2.99. The molecule has 0 rings (SSSR count). The molecule has 0 spiro atoms. The van der Waals surface area contributed by atoms with Gasteiger partial charge in [0.15, 0.2) is 0 Å². The molecule has 0 saturated heterocycles. The van der Waals surface area contributed by atoms with E-state index in [1.165, 1.54) is 6.92 Å². The summed E-state index contributed by atoms with van der Waals surface area (Å²) < 4.78 is 0. The number of carboxylic acids is 1. The molecule has 0 bridgehead atoms. The van der Waals surface area contributed by atoms with Gasteiger partial charge in [-0.2, -0.15) is 0 Å². The fraction of sp³-hybridized carbons (Fsp3) is 0.571. The van der Waals surface area contributed by atoms with E-state index in [0.29, 0.717) is 0 Å². The molecule has 0 aromatic heterocycles. The Labute approximate surface area is 81.3 Å². The fourth-order valence-electron chi connectivity index (χ4n) is 0.777. The Hall–Kier alpha value is -1.31. The normalized spacial score (nSPS) is 16.9. The van der Waals surface area contributed by atoms with Crippen LogP contribution in [-0.4, -0.2) is 40.6 Å². The van der Waals surface area contributed by atoms with Crippen molar-refractivity contribution in [1.29, 1.82) is 10.8 Å². The molecule has 0 aliphatic rings. The summed E-state index contributed by atoms with van der Waals surface area (Å²) in [6.07, 6.45) is 0. The third kappa shape index (κ3) is 2.87. The molecule has 9 N–H and O–H groups in total. The maximum absolute atomic E-state index is 10.4. The largest absolute Gasteiger partial charge is 0.480 e. The number of rotatable bonds is 5. The van der Waals surface area contributed by atoms with E-state index in [1.807, 2.05) is 0 Å². The van der Waals surface area contributed by atoms with Crippen molar-refractivity contribution >= 4 is 17.4 Å². The first-order valence-corrected chi connectivity index (χ1v) is 3.95. The van der Waals surface area contributed by atoms with Gasteiger partial charge in [0.25, 0.3) is 0 Å². The number of aliphatic carboxylic acids is 1. The zero-order valence-electron chi connectivity index (χ0n) is 7.82. The quantitative estimate of drug-likeness (QED) is 0.286. The first kappa shape index (κ1) is 12.7. The molecule has 0 heterocycles. The predicted octanol–water partition coefficient (Wildman–Crippen LogP) is -1.89. The average molecular weight is 201 g/mol. The smallest absolute Gasteiger partial charge is 0.326 e. The van der Waals surface area contributed by atoms with E-state index in [9.17, 15) is 4.79 Å². The Morgan fingerprint density at radius 1 is 1.14 bits per heavy atom. The van der Waals surface area contributed by atoms with Crippen molar-refractivity contribution in [3.05, 3.63) is 0 Å². The van der Waals surface area contributed by atoms with Gasteiger partial charge in [0, 0.05) is 11.8 Å². The SMILES string of the molecule is CC(N)C(=N)C(N)C(=N)C(N)C(=O)O. The Kier molecular flexibility index (Phi) is 4.35. The van der Waals surface area contributed by atoms with Crippen LogP contribution in [0.3, 0.4) is 0 Å². The average Bonchev–Trinajstić information content (AvgIpc) is 2.12. The van der Waals surface area contributed by atoms with Gasteiger partial charge in [-0.25, -0.2) is 0 Å². The molecule has 3 atom stereocenters. The highest BCUT2D eigenvalue weighted by molar-refractivity contribution is 6.17. The first-order valence-electron chi connectivity index (χ1n) is 3.95. The Balaban J connectivity index is 4.55. The highest BCUT2D eigenvalue weighted by Gasteiger charge is 2.26. The lowest BCUT2D eigenvalue weighted by molar-refractivity contribution is -0.136. The lowest BCUT2D eigenvalue weighted by Gasteiger charge is -2.19. The van der Waals surface area contributed by atoms with Gasteiger partial charge in [-0.15, -0.1) is 0 Å². The predicted molar refractivity (Wildman–Crippen MR) is 52.7 cm³/mol. The molecule has 0 saturated carbocycles. The van der Waals surface area contributed by atoms with Gasteiger partial charge in [0.2, 0.25) is 0 Å². The third-order valence-corrected chi connectivity index (χ3v) is 1.76. The number of nitrogens with two attached hydrogens (primary N) is 3. The summed E-state index contributed by atoms with van der Waals surface area (Å²) in [4.78, 5) is 10.4. The molecule has 0 aliphatic heterocycles. The number of carboxylic acid groups (broad SMARTS) is 1. The minimum absolute atomic E-state index is 0.105. The molecule has 0 aromatic rings. The summed E-state index contributed by atoms with van der Waals surface area (Å²) in [6.45, 7) is 1.53. The fourth-order valence-corrected chi connectivity index (χ4v) is 0.777. The summed E-state index contributed by atoms with van der Waals surface area (Å²) in [5.74, 6) is -1.34. The van der Waals surface area contributed by atoms with Crippen molar-refractivity contribution in [1.82, 2.24) is 0 Å². The molecule has 0 aliphatic carbocycles. The van der Waals surface area contributed by atoms with E-state index >= 15 is 0 Å². The summed E-state index contributed by atoms with van der Waals surface area (Å²) in [7, 11) is 0. The van der Waals surface area contributed by atoms with E-state index < -0.39 is 29.8 Å². The van der Waals surface area contributed by atoms with E-state index in [4.69, 9.17) is 33.1 Å². The molecule has 3 unspecified atom stereocenters. The minimum atomic E-state index is -1.48. The van der Waals surface area contributed by atoms with Crippen LogP contribution in [0.2, 0.25) is 0 Å². The van der Waals surface area contributed by atoms with Crippen LogP contribution >= 0.6 is 0 Å². The van der Waals surface area contributed by atoms with Crippen molar-refractivity contribution in [2.24, 2.45) is 17.2 Å². The lowest BCUT2D eigenvalue weighted by Crippen LogP contribution is -2.53. The Morgan fingerprint density at radius 2 is 1.57 bits per heavy atom. The highest BCUT2D eigenvalue weighted by Crippen LogP contribution is 1.94. The van der Waals surface area contributed by atoms with Gasteiger partial charge in [-0.05, 0) is 6.92 Å². The van der Waals surface area contributed by atoms with Gasteiger partial charge in [-0.3, -0.25) is 4.79 Å². The maximum Gasteiger partial charge on any atom is 0.326 e. The third-order valence-electron chi connectivity index (χ3n) is 1.76. The number of carbonyl (C=O) groups is 1. The minimum Gasteiger partial charge on any atom is -0.480 e. The molecular weight excluding hydrogens is 186 g/mol. The summed E-state index contributed by atoms with van der Waals surface area (Å²) in [5.41, 5.74) is 15.4. The van der Waals surface area contributed by atoms with Crippen LogP contribution in [0, 0.1) is 10.8 Å². The molecule has 0 fully saturated rings. The number of hydrogen-bond donors (Lipinski definition) is 6. The van der Waals surface area contributed by atoms with Crippen LogP contribution in [0.15, 0.2) is 0 Å². The van der Waals surface area contributed by atoms with Crippen LogP contribution in [0.25, 0.3) is 0 Å². The van der Waals surface area contributed by atoms with Crippen molar-refractivity contribution in [3.63, 3.8) is 0 Å². The Bertz CT molecular complexity index is 263. The van der Waals surface area contributed by atoms with Crippen molar-refractivity contribution in [2.45, 2.75) is 25.0 Å². The second kappa shape index (κ2) is 4.80. The molecule has 7 heteroatoms. The van der Waals surface area contributed by atoms with E-state index in [2.05, 4.69) is 0 Å². The molecular formula is C7H15N5O2. The van der Waals surface area contributed by atoms with Gasteiger partial charge in [-0.1, -0.05) is 0 Å². The molecule has 0 aromatic carbocycles. The lowest BCUT2D eigenvalue weighted by atomic mass is 9.98. The standard InChI is InChI=1S/C7H15N5O2/c1-2(8)3(9)4(10)5(11)6(12)7(13)14/h2,4,6,9,11H,8,10,12H2,1H3,(H,13,14). The summed E-state index contributed by atoms with van der Waals surface area (Å²) >= 11 is 0. The summed E-state index contributed by atoms with van der Waals surface area (Å²) in [6, 6.07) is -3.23. The van der Waals surface area contributed by atoms with Crippen LogP contribution in [-0.2, 0) is 4.79 Å². The van der Waals surface area contributed by atoms with E-state index in [-0.39, 0.29) is 5.71 Å². The number of hydrogen-bond acceptors (Lipinski definition) is 6. The summed E-state index contributed by atoms with van der Waals surface area (Å²) in [5, 5.41) is 23.2. The monoisotopic (exact) mass is 201 g/mol. The zero-order valence-corrected chi connectivity index (χ0v) is 7.82. The zero-order chi connectivity index (χ0) is 11.5. The molecule has 0 amide bonds. The van der Waals surface area contributed by atoms with Gasteiger partial charge in [0.1, 0.15) is 6.04 Å². The van der Waals surface area contributed by atoms with Gasteiger partial charge < -0.3 is 33.1 Å². The van der Waals surface area contributed by atoms with E-state index in [0.717, 1.165) is 0 Å². The molecule has 7 nitrogen and oxygen atoms in total. The van der Waals surface area contributed by atoms with Crippen molar-refractivity contribution in [3.8, 4) is 0 Å². The Morgan fingerprint density at radius 3 is 1.86 bits per heavy atom. The molecule has 80 valence electrons. The topological polar surface area (TPSA) is 163 Å². The second-order valence-electron chi connectivity index (χ2n) is 2.99. The molecule has 0 radical (unpaired) electrons. The molecule has 14 heavy (non-hydrogen) atoms. The van der Waals surface area contributed by atoms with Gasteiger partial charge >= 0.3 is 5.97 Å². The van der Waals surface area contributed by atoms with Crippen LogP contribution in [0.1, 0.15) is 6.92 Å². The van der Waals surface area contributed by atoms with Crippen LogP contribution in [0.5, 0.6) is 0 Å². The van der Waals surface area contributed by atoms with Crippen molar-refractivity contribution in [2.75, 3.05) is 0 Å².